The van der Waals surface area contributed by atoms with E-state index in [-0.39, 0.29) is 5.25 Å². The number of nitrogen functional groups attached to an aromatic ring is 1. The van der Waals surface area contributed by atoms with Crippen molar-refractivity contribution >= 4 is 27.4 Å². The molecular weight excluding hydrogens is 244 g/mol. The fraction of sp³-hybridized carbons (Fsp3) is 0.357. The standard InChI is InChI=1S/C14H18N2OS/c1-3-10(2)18(17)9-11-6-7-13(15)12-5-4-8-16-14(11)12/h4-8,10H,3,9,15H2,1-2H3. The number of fused-ring (bicyclic) bond motifs is 1. The first-order chi connectivity index (χ1) is 8.63. The molecule has 0 amide bonds. The first kappa shape index (κ1) is 13.0. The van der Waals surface area contributed by atoms with Crippen molar-refractivity contribution < 1.29 is 4.21 Å². The van der Waals surface area contributed by atoms with Crippen LogP contribution in [0, 0.1) is 0 Å². The molecule has 1 aromatic carbocycles. The van der Waals surface area contributed by atoms with E-state index in [0.717, 1.165) is 28.6 Å². The van der Waals surface area contributed by atoms with Gasteiger partial charge in [-0.2, -0.15) is 0 Å². The van der Waals surface area contributed by atoms with Crippen LogP contribution in [0.4, 0.5) is 5.69 Å². The maximum Gasteiger partial charge on any atom is 0.0763 e. The normalized spacial score (nSPS) is 14.6. The molecule has 2 atom stereocenters. The first-order valence-corrected chi connectivity index (χ1v) is 7.51. The van der Waals surface area contributed by atoms with Crippen LogP contribution >= 0.6 is 0 Å². The average molecular weight is 262 g/mol. The van der Waals surface area contributed by atoms with Crippen molar-refractivity contribution in [3.05, 3.63) is 36.0 Å². The molecule has 2 rings (SSSR count). The number of hydrogen-bond donors (Lipinski definition) is 1. The Morgan fingerprint density at radius 2 is 2.17 bits per heavy atom. The van der Waals surface area contributed by atoms with E-state index in [9.17, 15) is 4.21 Å². The summed E-state index contributed by atoms with van der Waals surface area (Å²) in [5.41, 5.74) is 8.53. The largest absolute Gasteiger partial charge is 0.398 e. The van der Waals surface area contributed by atoms with E-state index in [4.69, 9.17) is 5.73 Å². The second-order valence-electron chi connectivity index (χ2n) is 4.46. The Bertz CT molecular complexity index is 583. The lowest BCUT2D eigenvalue weighted by atomic mass is 10.1. The van der Waals surface area contributed by atoms with Crippen molar-refractivity contribution in [1.29, 1.82) is 0 Å². The Labute approximate surface area is 110 Å². The van der Waals surface area contributed by atoms with E-state index in [1.165, 1.54) is 0 Å². The van der Waals surface area contributed by atoms with Crippen LogP contribution in [0.25, 0.3) is 10.9 Å². The number of pyridine rings is 1. The maximum absolute atomic E-state index is 12.1. The molecule has 4 heteroatoms. The predicted octanol–water partition coefficient (Wildman–Crippen LogP) is 2.86. The van der Waals surface area contributed by atoms with E-state index >= 15 is 0 Å². The van der Waals surface area contributed by atoms with Crippen molar-refractivity contribution in [2.24, 2.45) is 0 Å². The van der Waals surface area contributed by atoms with E-state index in [0.29, 0.717) is 5.75 Å². The highest BCUT2D eigenvalue weighted by molar-refractivity contribution is 7.84. The number of hydrogen-bond acceptors (Lipinski definition) is 3. The molecule has 1 heterocycles. The quantitative estimate of drug-likeness (QED) is 0.862. The number of aromatic nitrogens is 1. The summed E-state index contributed by atoms with van der Waals surface area (Å²) in [6.07, 6.45) is 2.67. The summed E-state index contributed by atoms with van der Waals surface area (Å²) in [4.78, 5) is 4.37. The summed E-state index contributed by atoms with van der Waals surface area (Å²) in [6, 6.07) is 7.62. The summed E-state index contributed by atoms with van der Waals surface area (Å²) >= 11 is 0. The van der Waals surface area contributed by atoms with E-state index in [1.807, 2.05) is 31.2 Å². The van der Waals surface area contributed by atoms with Crippen molar-refractivity contribution in [3.8, 4) is 0 Å². The van der Waals surface area contributed by atoms with Crippen LogP contribution in [0.15, 0.2) is 30.5 Å². The molecule has 0 bridgehead atoms. The van der Waals surface area contributed by atoms with Crippen LogP contribution in [0.3, 0.4) is 0 Å². The molecule has 0 fully saturated rings. The smallest absolute Gasteiger partial charge is 0.0763 e. The van der Waals surface area contributed by atoms with Crippen molar-refractivity contribution in [3.63, 3.8) is 0 Å². The van der Waals surface area contributed by atoms with Crippen LogP contribution in [-0.4, -0.2) is 14.4 Å². The Kier molecular flexibility index (Phi) is 3.97. The molecule has 3 nitrogen and oxygen atoms in total. The molecule has 2 unspecified atom stereocenters. The lowest BCUT2D eigenvalue weighted by molar-refractivity contribution is 0.670. The number of anilines is 1. The lowest BCUT2D eigenvalue weighted by Crippen LogP contribution is -2.11. The van der Waals surface area contributed by atoms with Crippen molar-refractivity contribution in [2.45, 2.75) is 31.3 Å². The van der Waals surface area contributed by atoms with Gasteiger partial charge in [0.2, 0.25) is 0 Å². The van der Waals surface area contributed by atoms with Gasteiger partial charge in [-0.1, -0.05) is 19.9 Å². The second-order valence-corrected chi connectivity index (χ2v) is 6.31. The molecule has 0 aliphatic rings. The van der Waals surface area contributed by atoms with E-state index in [2.05, 4.69) is 11.9 Å². The van der Waals surface area contributed by atoms with Crippen molar-refractivity contribution in [1.82, 2.24) is 4.98 Å². The lowest BCUT2D eigenvalue weighted by Gasteiger charge is -2.11. The summed E-state index contributed by atoms with van der Waals surface area (Å²) < 4.78 is 12.1. The zero-order valence-electron chi connectivity index (χ0n) is 10.7. The zero-order valence-corrected chi connectivity index (χ0v) is 11.5. The number of rotatable bonds is 4. The highest BCUT2D eigenvalue weighted by Gasteiger charge is 2.12. The second kappa shape index (κ2) is 5.48. The molecule has 18 heavy (non-hydrogen) atoms. The number of benzene rings is 1. The van der Waals surface area contributed by atoms with Crippen molar-refractivity contribution in [2.75, 3.05) is 5.73 Å². The molecule has 0 spiro atoms. The number of nitrogens with two attached hydrogens (primary N) is 1. The Morgan fingerprint density at radius 1 is 1.39 bits per heavy atom. The molecule has 0 aliphatic carbocycles. The van der Waals surface area contributed by atoms with E-state index < -0.39 is 10.8 Å². The summed E-state index contributed by atoms with van der Waals surface area (Å²) in [5.74, 6) is 0.544. The van der Waals surface area contributed by atoms with Gasteiger partial charge in [0.15, 0.2) is 0 Å². The van der Waals surface area contributed by atoms with Gasteiger partial charge >= 0.3 is 0 Å². The van der Waals surface area contributed by atoms with Gasteiger partial charge in [0.1, 0.15) is 0 Å². The van der Waals surface area contributed by atoms with Gasteiger partial charge in [-0.3, -0.25) is 9.19 Å². The van der Waals surface area contributed by atoms with Crippen LogP contribution in [-0.2, 0) is 16.6 Å². The fourth-order valence-electron chi connectivity index (χ4n) is 1.85. The summed E-state index contributed by atoms with van der Waals surface area (Å²) in [7, 11) is -0.859. The maximum atomic E-state index is 12.1. The van der Waals surface area contributed by atoms with Crippen LogP contribution in [0.2, 0.25) is 0 Å². The molecule has 0 saturated carbocycles. The molecule has 0 radical (unpaired) electrons. The Balaban J connectivity index is 2.40. The van der Waals surface area contributed by atoms with Gasteiger partial charge in [-0.05, 0) is 30.2 Å². The zero-order chi connectivity index (χ0) is 13.1. The summed E-state index contributed by atoms with van der Waals surface area (Å²) in [5, 5.41) is 1.15. The Hall–Kier alpha value is -1.42. The van der Waals surface area contributed by atoms with Gasteiger partial charge < -0.3 is 5.73 Å². The minimum absolute atomic E-state index is 0.210. The highest BCUT2D eigenvalue weighted by Crippen LogP contribution is 2.24. The van der Waals surface area contributed by atoms with Gasteiger partial charge in [-0.15, -0.1) is 0 Å². The monoisotopic (exact) mass is 262 g/mol. The molecule has 1 aromatic heterocycles. The first-order valence-electron chi connectivity index (χ1n) is 6.12. The van der Waals surface area contributed by atoms with Gasteiger partial charge in [-0.25, -0.2) is 0 Å². The minimum Gasteiger partial charge on any atom is -0.398 e. The minimum atomic E-state index is -0.859. The van der Waals surface area contributed by atoms with E-state index in [1.54, 1.807) is 6.20 Å². The molecule has 96 valence electrons. The third-order valence-corrected chi connectivity index (χ3v) is 5.03. The molecule has 2 N–H and O–H groups in total. The molecule has 0 aliphatic heterocycles. The van der Waals surface area contributed by atoms with Crippen LogP contribution < -0.4 is 5.73 Å². The average Bonchev–Trinajstić information content (AvgIpc) is 2.41. The molecule has 0 saturated heterocycles. The van der Waals surface area contributed by atoms with Gasteiger partial charge in [0.25, 0.3) is 0 Å². The topological polar surface area (TPSA) is 56.0 Å². The van der Waals surface area contributed by atoms with Gasteiger partial charge in [0, 0.05) is 33.3 Å². The summed E-state index contributed by atoms with van der Waals surface area (Å²) in [6.45, 7) is 4.07. The molecule has 2 aromatic rings. The SMILES string of the molecule is CCC(C)S(=O)Cc1ccc(N)c2cccnc12. The third kappa shape index (κ3) is 2.53. The third-order valence-electron chi connectivity index (χ3n) is 3.21. The highest BCUT2D eigenvalue weighted by atomic mass is 32.2. The van der Waals surface area contributed by atoms with Crippen LogP contribution in [0.5, 0.6) is 0 Å². The van der Waals surface area contributed by atoms with Crippen LogP contribution in [0.1, 0.15) is 25.8 Å². The fourth-order valence-corrected chi connectivity index (χ4v) is 3.05. The number of nitrogens with zero attached hydrogens (tertiary/aromatic N) is 1. The predicted molar refractivity (Wildman–Crippen MR) is 77.8 cm³/mol. The van der Waals surface area contributed by atoms with Gasteiger partial charge in [0.05, 0.1) is 11.3 Å². The molecular formula is C14H18N2OS. The Morgan fingerprint density at radius 3 is 2.89 bits per heavy atom.